The molecule has 0 heterocycles. The Morgan fingerprint density at radius 3 is 2.43 bits per heavy atom. The van der Waals surface area contributed by atoms with Gasteiger partial charge in [0.2, 0.25) is 0 Å². The van der Waals surface area contributed by atoms with E-state index < -0.39 is 11.8 Å². The van der Waals surface area contributed by atoms with Gasteiger partial charge in [0.25, 0.3) is 0 Å². The molecule has 0 unspecified atom stereocenters. The fourth-order valence-electron chi connectivity index (χ4n) is 1.83. The van der Waals surface area contributed by atoms with Crippen LogP contribution in [0.15, 0.2) is 42.5 Å². The van der Waals surface area contributed by atoms with Crippen LogP contribution in [0, 0.1) is 0 Å². The molecule has 0 radical (unpaired) electrons. The summed E-state index contributed by atoms with van der Waals surface area (Å²) >= 11 is 11.9. The zero-order chi connectivity index (χ0) is 16.8. The molecule has 0 saturated carbocycles. The van der Waals surface area contributed by atoms with Crippen molar-refractivity contribution in [2.45, 2.75) is 6.54 Å². The van der Waals surface area contributed by atoms with Gasteiger partial charge in [-0.3, -0.25) is 9.59 Å². The van der Waals surface area contributed by atoms with Crippen LogP contribution in [0.25, 0.3) is 0 Å². The van der Waals surface area contributed by atoms with E-state index in [2.05, 4.69) is 10.6 Å². The Morgan fingerprint density at radius 1 is 1.04 bits per heavy atom. The van der Waals surface area contributed by atoms with Crippen molar-refractivity contribution in [1.82, 2.24) is 5.32 Å². The van der Waals surface area contributed by atoms with Gasteiger partial charge in [-0.15, -0.1) is 0 Å². The smallest absolute Gasteiger partial charge is 0.313 e. The molecule has 0 aliphatic rings. The Hall–Kier alpha value is -2.24. The first-order valence-electron chi connectivity index (χ1n) is 6.67. The molecule has 0 aliphatic heterocycles. The van der Waals surface area contributed by atoms with Crippen molar-refractivity contribution in [1.29, 1.82) is 0 Å². The number of ether oxygens (including phenoxy) is 1. The summed E-state index contributed by atoms with van der Waals surface area (Å²) in [7, 11) is 1.49. The van der Waals surface area contributed by atoms with E-state index in [0.29, 0.717) is 21.5 Å². The summed E-state index contributed by atoms with van der Waals surface area (Å²) in [4.78, 5) is 23.7. The second-order valence-electron chi connectivity index (χ2n) is 4.58. The van der Waals surface area contributed by atoms with Crippen molar-refractivity contribution >= 4 is 40.7 Å². The van der Waals surface area contributed by atoms with Gasteiger partial charge in [-0.25, -0.2) is 0 Å². The highest BCUT2D eigenvalue weighted by Crippen LogP contribution is 2.27. The largest absolute Gasteiger partial charge is 0.495 e. The standard InChI is InChI=1S/C16H14Cl2N2O3/c1-23-14-7-6-11(8-13(14)18)20-16(22)15(21)19-9-10-4-2-3-5-12(10)17/h2-8H,9H2,1H3,(H,19,21)(H,20,22). The second-order valence-corrected chi connectivity index (χ2v) is 5.39. The van der Waals surface area contributed by atoms with Gasteiger partial charge in [-0.2, -0.15) is 0 Å². The fourth-order valence-corrected chi connectivity index (χ4v) is 2.29. The lowest BCUT2D eigenvalue weighted by Gasteiger charge is -2.09. The predicted octanol–water partition coefficient (Wildman–Crippen LogP) is 3.26. The van der Waals surface area contributed by atoms with E-state index in [-0.39, 0.29) is 6.54 Å². The molecule has 0 bridgehead atoms. The molecular weight excluding hydrogens is 339 g/mol. The lowest BCUT2D eigenvalue weighted by Crippen LogP contribution is -2.35. The van der Waals surface area contributed by atoms with Crippen molar-refractivity contribution in [2.24, 2.45) is 0 Å². The van der Waals surface area contributed by atoms with Crippen molar-refractivity contribution < 1.29 is 14.3 Å². The van der Waals surface area contributed by atoms with Crippen LogP contribution in [0.1, 0.15) is 5.56 Å². The molecule has 0 fully saturated rings. The molecule has 2 amide bonds. The number of halogens is 2. The van der Waals surface area contributed by atoms with Crippen LogP contribution in [0.5, 0.6) is 5.75 Å². The van der Waals surface area contributed by atoms with Gasteiger partial charge < -0.3 is 15.4 Å². The monoisotopic (exact) mass is 352 g/mol. The first kappa shape index (κ1) is 17.1. The maximum absolute atomic E-state index is 11.9. The number of amides is 2. The third kappa shape index (κ3) is 4.61. The average Bonchev–Trinajstić information content (AvgIpc) is 2.54. The topological polar surface area (TPSA) is 67.4 Å². The Kier molecular flexibility index (Phi) is 5.84. The van der Waals surface area contributed by atoms with Gasteiger partial charge in [-0.05, 0) is 29.8 Å². The zero-order valence-electron chi connectivity index (χ0n) is 12.2. The van der Waals surface area contributed by atoms with Gasteiger partial charge in [0.05, 0.1) is 12.1 Å². The van der Waals surface area contributed by atoms with Gasteiger partial charge in [-0.1, -0.05) is 41.4 Å². The SMILES string of the molecule is COc1ccc(NC(=O)C(=O)NCc2ccccc2Cl)cc1Cl. The molecule has 120 valence electrons. The number of rotatable bonds is 4. The van der Waals surface area contributed by atoms with Crippen LogP contribution in [0.3, 0.4) is 0 Å². The number of methoxy groups -OCH3 is 1. The molecule has 2 aromatic carbocycles. The molecule has 5 nitrogen and oxygen atoms in total. The Morgan fingerprint density at radius 2 is 1.78 bits per heavy atom. The quantitative estimate of drug-likeness (QED) is 0.830. The Labute approximate surface area is 143 Å². The van der Waals surface area contributed by atoms with E-state index in [1.165, 1.54) is 13.2 Å². The third-order valence-corrected chi connectivity index (χ3v) is 3.68. The van der Waals surface area contributed by atoms with Crippen LogP contribution in [-0.2, 0) is 16.1 Å². The molecule has 23 heavy (non-hydrogen) atoms. The number of benzene rings is 2. The highest BCUT2D eigenvalue weighted by molar-refractivity contribution is 6.40. The summed E-state index contributed by atoms with van der Waals surface area (Å²) in [5.41, 5.74) is 1.12. The lowest BCUT2D eigenvalue weighted by atomic mass is 10.2. The summed E-state index contributed by atoms with van der Waals surface area (Å²) < 4.78 is 5.01. The van der Waals surface area contributed by atoms with Crippen LogP contribution in [0.4, 0.5) is 5.69 Å². The first-order chi connectivity index (χ1) is 11.0. The van der Waals surface area contributed by atoms with E-state index >= 15 is 0 Å². The predicted molar refractivity (Wildman–Crippen MR) is 89.9 cm³/mol. The van der Waals surface area contributed by atoms with E-state index in [4.69, 9.17) is 27.9 Å². The third-order valence-electron chi connectivity index (χ3n) is 3.01. The van der Waals surface area contributed by atoms with Crippen LogP contribution >= 0.6 is 23.2 Å². The van der Waals surface area contributed by atoms with Crippen molar-refractivity contribution in [3.63, 3.8) is 0 Å². The number of carbonyl (C=O) groups is 2. The molecular formula is C16H14Cl2N2O3. The maximum Gasteiger partial charge on any atom is 0.313 e. The molecule has 2 N–H and O–H groups in total. The summed E-state index contributed by atoms with van der Waals surface area (Å²) in [6.07, 6.45) is 0. The maximum atomic E-state index is 11.9. The number of nitrogens with one attached hydrogen (secondary N) is 2. The summed E-state index contributed by atoms with van der Waals surface area (Å²) in [5, 5.41) is 5.82. The van der Waals surface area contributed by atoms with Crippen molar-refractivity contribution in [3.8, 4) is 5.75 Å². The molecule has 0 atom stereocenters. The minimum Gasteiger partial charge on any atom is -0.495 e. The van der Waals surface area contributed by atoms with E-state index in [9.17, 15) is 9.59 Å². The molecule has 0 spiro atoms. The summed E-state index contributed by atoms with van der Waals surface area (Å²) in [5.74, 6) is -1.08. The minimum absolute atomic E-state index is 0.162. The van der Waals surface area contributed by atoms with Crippen molar-refractivity contribution in [3.05, 3.63) is 58.1 Å². The normalized spacial score (nSPS) is 10.0. The fraction of sp³-hybridized carbons (Fsp3) is 0.125. The van der Waals surface area contributed by atoms with Crippen molar-refractivity contribution in [2.75, 3.05) is 12.4 Å². The summed E-state index contributed by atoms with van der Waals surface area (Å²) in [6.45, 7) is 0.162. The first-order valence-corrected chi connectivity index (χ1v) is 7.43. The molecule has 2 rings (SSSR count). The highest BCUT2D eigenvalue weighted by Gasteiger charge is 2.14. The van der Waals surface area contributed by atoms with Crippen LogP contribution in [-0.4, -0.2) is 18.9 Å². The Bertz CT molecular complexity index is 735. The molecule has 0 saturated heterocycles. The van der Waals surface area contributed by atoms with Crippen LogP contribution in [0.2, 0.25) is 10.0 Å². The average molecular weight is 353 g/mol. The molecule has 7 heteroatoms. The van der Waals surface area contributed by atoms with Gasteiger partial charge in [0.15, 0.2) is 0 Å². The van der Waals surface area contributed by atoms with E-state index in [1.807, 2.05) is 0 Å². The molecule has 2 aromatic rings. The number of anilines is 1. The van der Waals surface area contributed by atoms with E-state index in [0.717, 1.165) is 5.56 Å². The lowest BCUT2D eigenvalue weighted by molar-refractivity contribution is -0.136. The van der Waals surface area contributed by atoms with Gasteiger partial charge in [0.1, 0.15) is 5.75 Å². The minimum atomic E-state index is -0.793. The Balaban J connectivity index is 1.94. The van der Waals surface area contributed by atoms with E-state index in [1.54, 1.807) is 36.4 Å². The van der Waals surface area contributed by atoms with Gasteiger partial charge in [0, 0.05) is 17.3 Å². The number of carbonyl (C=O) groups excluding carboxylic acids is 2. The number of hydrogen-bond donors (Lipinski definition) is 2. The molecule has 0 aliphatic carbocycles. The summed E-state index contributed by atoms with van der Waals surface area (Å²) in [6, 6.07) is 11.7. The second kappa shape index (κ2) is 7.85. The number of hydrogen-bond acceptors (Lipinski definition) is 3. The van der Waals surface area contributed by atoms with Crippen LogP contribution < -0.4 is 15.4 Å². The van der Waals surface area contributed by atoms with Gasteiger partial charge >= 0.3 is 11.8 Å². The highest BCUT2D eigenvalue weighted by atomic mass is 35.5. The zero-order valence-corrected chi connectivity index (χ0v) is 13.7. The molecule has 0 aromatic heterocycles.